The minimum atomic E-state index is -0.500. The molecule has 0 radical (unpaired) electrons. The number of ether oxygens (including phenoxy) is 1. The molecule has 1 amide bonds. The Balaban J connectivity index is 1.62. The third-order valence-corrected chi connectivity index (χ3v) is 4.94. The Kier molecular flexibility index (Phi) is 6.17. The van der Waals surface area contributed by atoms with Gasteiger partial charge in [-0.2, -0.15) is 5.10 Å². The summed E-state index contributed by atoms with van der Waals surface area (Å²) in [7, 11) is 0. The molecule has 2 aromatic rings. The summed E-state index contributed by atoms with van der Waals surface area (Å²) in [5.74, 6) is 0. The highest BCUT2D eigenvalue weighted by Crippen LogP contribution is 2.22. The zero-order valence-corrected chi connectivity index (χ0v) is 16.9. The maximum atomic E-state index is 12.9. The zero-order valence-electron chi connectivity index (χ0n) is 16.9. The molecule has 28 heavy (non-hydrogen) atoms. The van der Waals surface area contributed by atoms with E-state index < -0.39 is 5.60 Å². The molecule has 2 heterocycles. The van der Waals surface area contributed by atoms with Gasteiger partial charge in [0.1, 0.15) is 5.60 Å². The van der Waals surface area contributed by atoms with Gasteiger partial charge >= 0.3 is 6.09 Å². The molecule has 0 spiro atoms. The van der Waals surface area contributed by atoms with Gasteiger partial charge in [-0.1, -0.05) is 30.3 Å². The summed E-state index contributed by atoms with van der Waals surface area (Å²) in [6.07, 6.45) is 4.35. The highest BCUT2D eigenvalue weighted by Gasteiger charge is 2.28. The Morgan fingerprint density at radius 1 is 1.11 bits per heavy atom. The van der Waals surface area contributed by atoms with Crippen LogP contribution in [0.1, 0.15) is 50.8 Å². The second kappa shape index (κ2) is 8.59. The monoisotopic (exact) mass is 383 g/mol. The molecule has 3 rings (SSSR count). The third kappa shape index (κ3) is 5.21. The van der Waals surface area contributed by atoms with E-state index in [0.29, 0.717) is 32.4 Å². The number of aryl methyl sites for hydroxylation is 2. The minimum absolute atomic E-state index is 0.0165. The van der Waals surface area contributed by atoms with E-state index in [-0.39, 0.29) is 17.7 Å². The van der Waals surface area contributed by atoms with Crippen LogP contribution < -0.4 is 5.56 Å². The van der Waals surface area contributed by atoms with Crippen LogP contribution in [0.2, 0.25) is 0 Å². The molecular weight excluding hydrogens is 354 g/mol. The van der Waals surface area contributed by atoms with Crippen LogP contribution in [0.4, 0.5) is 4.79 Å². The smallest absolute Gasteiger partial charge is 0.410 e. The summed E-state index contributed by atoms with van der Waals surface area (Å²) >= 11 is 0. The van der Waals surface area contributed by atoms with Gasteiger partial charge in [0, 0.05) is 24.8 Å². The second-order valence-electron chi connectivity index (χ2n) is 8.29. The number of aromatic nitrogens is 2. The van der Waals surface area contributed by atoms with Crippen molar-refractivity contribution in [3.8, 4) is 0 Å². The van der Waals surface area contributed by atoms with Crippen LogP contribution in [-0.4, -0.2) is 39.5 Å². The quantitative estimate of drug-likeness (QED) is 0.809. The molecule has 0 bridgehead atoms. The summed E-state index contributed by atoms with van der Waals surface area (Å²) in [5.41, 5.74) is 1.48. The number of nitrogens with zero attached hydrogens (tertiary/aromatic N) is 3. The van der Waals surface area contributed by atoms with Crippen molar-refractivity contribution >= 4 is 6.09 Å². The first-order valence-electron chi connectivity index (χ1n) is 9.92. The van der Waals surface area contributed by atoms with Crippen molar-refractivity contribution in [3.63, 3.8) is 0 Å². The first-order chi connectivity index (χ1) is 13.3. The first kappa shape index (κ1) is 20.1. The lowest BCUT2D eigenvalue weighted by Crippen LogP contribution is -2.43. The molecule has 1 aromatic heterocycles. The van der Waals surface area contributed by atoms with Crippen LogP contribution in [0.3, 0.4) is 0 Å². The fraction of sp³-hybridized carbons (Fsp3) is 0.500. The second-order valence-corrected chi connectivity index (χ2v) is 8.29. The lowest BCUT2D eigenvalue weighted by molar-refractivity contribution is 0.0183. The molecule has 1 aromatic carbocycles. The first-order valence-corrected chi connectivity index (χ1v) is 9.92. The molecule has 0 saturated carbocycles. The minimum Gasteiger partial charge on any atom is -0.444 e. The van der Waals surface area contributed by atoms with Crippen LogP contribution in [0.15, 0.2) is 47.4 Å². The molecule has 0 aliphatic carbocycles. The average molecular weight is 383 g/mol. The number of carbonyl (C=O) groups is 1. The van der Waals surface area contributed by atoms with Gasteiger partial charge in [0.2, 0.25) is 0 Å². The summed E-state index contributed by atoms with van der Waals surface area (Å²) in [6.45, 7) is 6.73. The van der Waals surface area contributed by atoms with Crippen molar-refractivity contribution in [3.05, 3.63) is 64.1 Å². The van der Waals surface area contributed by atoms with E-state index in [4.69, 9.17) is 4.74 Å². The number of amides is 1. The van der Waals surface area contributed by atoms with E-state index in [9.17, 15) is 9.59 Å². The fourth-order valence-corrected chi connectivity index (χ4v) is 3.46. The van der Waals surface area contributed by atoms with Crippen LogP contribution in [0.5, 0.6) is 0 Å². The maximum Gasteiger partial charge on any atom is 0.410 e. The number of rotatable bonds is 4. The lowest BCUT2D eigenvalue weighted by atomic mass is 10.0. The largest absolute Gasteiger partial charge is 0.444 e. The number of hydrogen-bond acceptors (Lipinski definition) is 4. The molecule has 0 N–H and O–H groups in total. The molecule has 6 heteroatoms. The molecule has 1 aliphatic heterocycles. The van der Waals surface area contributed by atoms with Gasteiger partial charge in [-0.3, -0.25) is 4.79 Å². The standard InChI is InChI=1S/C22H29N3O3/c1-22(2,3)28-21(27)24-15-12-19(13-16-24)25-20(26)18(11-14-23-25)10-9-17-7-5-4-6-8-17/h4-8,11,14,19H,9-10,12-13,15-16H2,1-3H3. The van der Waals surface area contributed by atoms with Gasteiger partial charge in [0.15, 0.2) is 0 Å². The predicted molar refractivity (Wildman–Crippen MR) is 108 cm³/mol. The van der Waals surface area contributed by atoms with Gasteiger partial charge < -0.3 is 9.64 Å². The lowest BCUT2D eigenvalue weighted by Gasteiger charge is -2.33. The Labute approximate surface area is 166 Å². The molecule has 1 fully saturated rings. The fourth-order valence-electron chi connectivity index (χ4n) is 3.46. The van der Waals surface area contributed by atoms with E-state index in [1.165, 1.54) is 5.56 Å². The van der Waals surface area contributed by atoms with Crippen LogP contribution >= 0.6 is 0 Å². The normalized spacial score (nSPS) is 15.5. The van der Waals surface area contributed by atoms with E-state index in [0.717, 1.165) is 12.0 Å². The van der Waals surface area contributed by atoms with Gasteiger partial charge in [-0.25, -0.2) is 9.48 Å². The average Bonchev–Trinajstić information content (AvgIpc) is 2.67. The van der Waals surface area contributed by atoms with E-state index in [1.54, 1.807) is 15.8 Å². The van der Waals surface area contributed by atoms with Crippen molar-refractivity contribution in [2.45, 2.75) is 58.1 Å². The molecule has 1 saturated heterocycles. The summed E-state index contributed by atoms with van der Waals surface area (Å²) in [4.78, 5) is 26.8. The van der Waals surface area contributed by atoms with Crippen molar-refractivity contribution in [1.29, 1.82) is 0 Å². The molecule has 0 unspecified atom stereocenters. The number of likely N-dealkylation sites (tertiary alicyclic amines) is 1. The molecule has 150 valence electrons. The third-order valence-electron chi connectivity index (χ3n) is 4.94. The van der Waals surface area contributed by atoms with Crippen molar-refractivity contribution < 1.29 is 9.53 Å². The Hall–Kier alpha value is -2.63. The molecule has 0 atom stereocenters. The van der Waals surface area contributed by atoms with Crippen molar-refractivity contribution in [1.82, 2.24) is 14.7 Å². The predicted octanol–water partition coefficient (Wildman–Crippen LogP) is 3.60. The van der Waals surface area contributed by atoms with Gasteiger partial charge in [-0.15, -0.1) is 0 Å². The SMILES string of the molecule is CC(C)(C)OC(=O)N1CCC(n2nccc(CCc3ccccc3)c2=O)CC1. The summed E-state index contributed by atoms with van der Waals surface area (Å²) in [5, 5.41) is 4.32. The summed E-state index contributed by atoms with van der Waals surface area (Å²) in [6, 6.07) is 12.0. The van der Waals surface area contributed by atoms with Crippen LogP contribution in [0, 0.1) is 0 Å². The Morgan fingerprint density at radius 2 is 1.79 bits per heavy atom. The topological polar surface area (TPSA) is 64.4 Å². The van der Waals surface area contributed by atoms with E-state index in [1.807, 2.05) is 45.0 Å². The number of benzene rings is 1. The van der Waals surface area contributed by atoms with Gasteiger partial charge in [-0.05, 0) is 58.1 Å². The van der Waals surface area contributed by atoms with E-state index in [2.05, 4.69) is 17.2 Å². The molecule has 1 aliphatic rings. The zero-order chi connectivity index (χ0) is 20.1. The van der Waals surface area contributed by atoms with Crippen molar-refractivity contribution in [2.75, 3.05) is 13.1 Å². The van der Waals surface area contributed by atoms with Crippen LogP contribution in [-0.2, 0) is 17.6 Å². The number of piperidine rings is 1. The van der Waals surface area contributed by atoms with Crippen molar-refractivity contribution in [2.24, 2.45) is 0 Å². The maximum absolute atomic E-state index is 12.9. The highest BCUT2D eigenvalue weighted by atomic mass is 16.6. The Bertz CT molecular complexity index is 847. The van der Waals surface area contributed by atoms with Gasteiger partial charge in [0.25, 0.3) is 5.56 Å². The number of carbonyl (C=O) groups excluding carboxylic acids is 1. The molecular formula is C22H29N3O3. The molecule has 6 nitrogen and oxygen atoms in total. The summed E-state index contributed by atoms with van der Waals surface area (Å²) < 4.78 is 7.04. The number of hydrogen-bond donors (Lipinski definition) is 0. The highest BCUT2D eigenvalue weighted by molar-refractivity contribution is 5.68. The van der Waals surface area contributed by atoms with Crippen LogP contribution in [0.25, 0.3) is 0 Å². The van der Waals surface area contributed by atoms with Gasteiger partial charge in [0.05, 0.1) is 6.04 Å². The van der Waals surface area contributed by atoms with E-state index >= 15 is 0 Å². The Morgan fingerprint density at radius 3 is 2.43 bits per heavy atom.